The van der Waals surface area contributed by atoms with Gasteiger partial charge in [-0.3, -0.25) is 4.79 Å². The molecule has 0 atom stereocenters. The molecular formula is C8H10O. The van der Waals surface area contributed by atoms with Crippen LogP contribution < -0.4 is 0 Å². The SMILES string of the molecule is CC1(C)C=CC(=O)C=C1. The Bertz CT molecular complexity index is 167. The Hall–Kier alpha value is -0.850. The molecule has 0 saturated carbocycles. The Kier molecular flexibility index (Phi) is 1.28. The average molecular weight is 122 g/mol. The molecule has 1 nitrogen and oxygen atoms in total. The highest BCUT2D eigenvalue weighted by Crippen LogP contribution is 2.21. The van der Waals surface area contributed by atoms with Crippen LogP contribution in [0.3, 0.4) is 0 Å². The van der Waals surface area contributed by atoms with Gasteiger partial charge in [-0.2, -0.15) is 0 Å². The van der Waals surface area contributed by atoms with Crippen molar-refractivity contribution in [2.45, 2.75) is 13.8 Å². The van der Waals surface area contributed by atoms with E-state index in [0.29, 0.717) is 0 Å². The number of carbonyl (C=O) groups excluding carboxylic acids is 1. The monoisotopic (exact) mass is 122 g/mol. The number of carbonyl (C=O) groups is 1. The van der Waals surface area contributed by atoms with Crippen molar-refractivity contribution < 1.29 is 4.79 Å². The fraction of sp³-hybridized carbons (Fsp3) is 0.375. The van der Waals surface area contributed by atoms with Crippen LogP contribution in [0.2, 0.25) is 0 Å². The summed E-state index contributed by atoms with van der Waals surface area (Å²) in [4.78, 5) is 10.6. The largest absolute Gasteiger partial charge is 0.290 e. The molecule has 0 aromatic rings. The molecule has 0 aliphatic heterocycles. The van der Waals surface area contributed by atoms with E-state index in [0.717, 1.165) is 0 Å². The maximum absolute atomic E-state index is 10.6. The van der Waals surface area contributed by atoms with Crippen molar-refractivity contribution in [3.63, 3.8) is 0 Å². The van der Waals surface area contributed by atoms with Crippen molar-refractivity contribution in [3.8, 4) is 0 Å². The number of hydrogen-bond donors (Lipinski definition) is 0. The molecule has 0 heterocycles. The van der Waals surface area contributed by atoms with E-state index in [-0.39, 0.29) is 11.2 Å². The Morgan fingerprint density at radius 3 is 2.00 bits per heavy atom. The van der Waals surface area contributed by atoms with Crippen LogP contribution >= 0.6 is 0 Å². The molecule has 0 unspecified atom stereocenters. The molecule has 1 aliphatic rings. The highest BCUT2D eigenvalue weighted by molar-refractivity contribution is 6.00. The van der Waals surface area contributed by atoms with Gasteiger partial charge in [0.05, 0.1) is 0 Å². The summed E-state index contributed by atoms with van der Waals surface area (Å²) >= 11 is 0. The molecule has 0 aromatic carbocycles. The van der Waals surface area contributed by atoms with Crippen molar-refractivity contribution in [1.29, 1.82) is 0 Å². The quantitative estimate of drug-likeness (QED) is 0.478. The van der Waals surface area contributed by atoms with Crippen LogP contribution in [-0.4, -0.2) is 5.78 Å². The predicted molar refractivity (Wildman–Crippen MR) is 37.1 cm³/mol. The molecule has 0 saturated heterocycles. The third-order valence-corrected chi connectivity index (χ3v) is 1.35. The zero-order valence-electron chi connectivity index (χ0n) is 5.72. The minimum absolute atomic E-state index is 0.0773. The molecule has 0 spiro atoms. The normalized spacial score (nSPS) is 22.7. The molecule has 0 N–H and O–H groups in total. The highest BCUT2D eigenvalue weighted by atomic mass is 16.1. The molecule has 1 rings (SSSR count). The topological polar surface area (TPSA) is 17.1 Å². The average Bonchev–Trinajstić information content (AvgIpc) is 1.78. The molecule has 0 fully saturated rings. The predicted octanol–water partition coefficient (Wildman–Crippen LogP) is 1.71. The summed E-state index contributed by atoms with van der Waals surface area (Å²) in [5.41, 5.74) is 0.0773. The molecule has 0 bridgehead atoms. The van der Waals surface area contributed by atoms with Gasteiger partial charge in [-0.25, -0.2) is 0 Å². The van der Waals surface area contributed by atoms with Crippen LogP contribution in [0.4, 0.5) is 0 Å². The van der Waals surface area contributed by atoms with Crippen LogP contribution in [0.5, 0.6) is 0 Å². The standard InChI is InChI=1S/C8H10O/c1-8(2)5-3-7(9)4-6-8/h3-6H,1-2H3. The maximum atomic E-state index is 10.6. The van der Waals surface area contributed by atoms with Crippen molar-refractivity contribution in [2.75, 3.05) is 0 Å². The second kappa shape index (κ2) is 1.83. The van der Waals surface area contributed by atoms with E-state index >= 15 is 0 Å². The van der Waals surface area contributed by atoms with Crippen LogP contribution in [0, 0.1) is 5.41 Å². The lowest BCUT2D eigenvalue weighted by Crippen LogP contribution is -2.08. The molecule has 0 aromatic heterocycles. The first-order valence-corrected chi connectivity index (χ1v) is 3.03. The molecule has 1 heteroatoms. The second-order valence-corrected chi connectivity index (χ2v) is 2.89. The number of ketones is 1. The van der Waals surface area contributed by atoms with Crippen molar-refractivity contribution >= 4 is 5.78 Å². The fourth-order valence-corrected chi connectivity index (χ4v) is 0.705. The van der Waals surface area contributed by atoms with Gasteiger partial charge in [-0.1, -0.05) is 26.0 Å². The van der Waals surface area contributed by atoms with E-state index in [4.69, 9.17) is 0 Å². The van der Waals surface area contributed by atoms with E-state index in [2.05, 4.69) is 13.8 Å². The summed E-state index contributed by atoms with van der Waals surface area (Å²) in [5, 5.41) is 0. The summed E-state index contributed by atoms with van der Waals surface area (Å²) in [6.07, 6.45) is 7.05. The van der Waals surface area contributed by atoms with Crippen molar-refractivity contribution in [1.82, 2.24) is 0 Å². The lowest BCUT2D eigenvalue weighted by atomic mass is 9.89. The van der Waals surface area contributed by atoms with Gasteiger partial charge in [0.2, 0.25) is 0 Å². The van der Waals surface area contributed by atoms with Crippen LogP contribution in [0.25, 0.3) is 0 Å². The first-order chi connectivity index (χ1) is 4.10. The summed E-state index contributed by atoms with van der Waals surface area (Å²) in [6.45, 7) is 4.12. The lowest BCUT2D eigenvalue weighted by Gasteiger charge is -2.15. The number of allylic oxidation sites excluding steroid dienone is 4. The van der Waals surface area contributed by atoms with Gasteiger partial charge in [0, 0.05) is 5.41 Å². The Morgan fingerprint density at radius 2 is 1.67 bits per heavy atom. The summed E-state index contributed by atoms with van der Waals surface area (Å²) in [7, 11) is 0. The minimum Gasteiger partial charge on any atom is -0.290 e. The first-order valence-electron chi connectivity index (χ1n) is 3.03. The van der Waals surface area contributed by atoms with Gasteiger partial charge in [-0.15, -0.1) is 0 Å². The minimum atomic E-state index is 0.0773. The summed E-state index contributed by atoms with van der Waals surface area (Å²) < 4.78 is 0. The van der Waals surface area contributed by atoms with Gasteiger partial charge in [-0.05, 0) is 12.2 Å². The van der Waals surface area contributed by atoms with E-state index in [9.17, 15) is 4.79 Å². The Labute approximate surface area is 55.1 Å². The molecule has 1 aliphatic carbocycles. The molecular weight excluding hydrogens is 112 g/mol. The van der Waals surface area contributed by atoms with Gasteiger partial charge < -0.3 is 0 Å². The molecule has 9 heavy (non-hydrogen) atoms. The van der Waals surface area contributed by atoms with Crippen LogP contribution in [0.15, 0.2) is 24.3 Å². The third-order valence-electron chi connectivity index (χ3n) is 1.35. The van der Waals surface area contributed by atoms with Gasteiger partial charge in [0.1, 0.15) is 0 Å². The lowest BCUT2D eigenvalue weighted by molar-refractivity contribution is -0.110. The molecule has 0 amide bonds. The molecule has 48 valence electrons. The summed E-state index contributed by atoms with van der Waals surface area (Å²) in [5.74, 6) is 0.0920. The van der Waals surface area contributed by atoms with Crippen molar-refractivity contribution in [3.05, 3.63) is 24.3 Å². The zero-order valence-corrected chi connectivity index (χ0v) is 5.72. The first kappa shape index (κ1) is 6.27. The smallest absolute Gasteiger partial charge is 0.178 e. The van der Waals surface area contributed by atoms with Gasteiger partial charge in [0.25, 0.3) is 0 Å². The number of hydrogen-bond acceptors (Lipinski definition) is 1. The highest BCUT2D eigenvalue weighted by Gasteiger charge is 2.12. The van der Waals surface area contributed by atoms with E-state index in [1.807, 2.05) is 12.2 Å². The fourth-order valence-electron chi connectivity index (χ4n) is 0.705. The van der Waals surface area contributed by atoms with E-state index in [1.165, 1.54) is 0 Å². The van der Waals surface area contributed by atoms with Crippen molar-refractivity contribution in [2.24, 2.45) is 5.41 Å². The van der Waals surface area contributed by atoms with Gasteiger partial charge in [0.15, 0.2) is 5.78 Å². The van der Waals surface area contributed by atoms with E-state index in [1.54, 1.807) is 12.2 Å². The van der Waals surface area contributed by atoms with Crippen LogP contribution in [0.1, 0.15) is 13.8 Å². The third kappa shape index (κ3) is 1.53. The van der Waals surface area contributed by atoms with E-state index < -0.39 is 0 Å². The molecule has 0 radical (unpaired) electrons. The van der Waals surface area contributed by atoms with Crippen LogP contribution in [-0.2, 0) is 4.79 Å². The second-order valence-electron chi connectivity index (χ2n) is 2.89. The number of rotatable bonds is 0. The van der Waals surface area contributed by atoms with Gasteiger partial charge >= 0.3 is 0 Å². The Balaban J connectivity index is 2.82. The Morgan fingerprint density at radius 1 is 1.22 bits per heavy atom. The maximum Gasteiger partial charge on any atom is 0.178 e. The summed E-state index contributed by atoms with van der Waals surface area (Å²) in [6, 6.07) is 0. The zero-order chi connectivity index (χ0) is 6.91.